The van der Waals surface area contributed by atoms with E-state index in [0.29, 0.717) is 17.5 Å². The molecule has 1 aromatic heterocycles. The molecule has 2 nitrogen and oxygen atoms in total. The van der Waals surface area contributed by atoms with Crippen LogP contribution in [0.1, 0.15) is 41.5 Å². The van der Waals surface area contributed by atoms with E-state index in [4.69, 9.17) is 4.74 Å². The molecule has 19 heavy (non-hydrogen) atoms. The van der Waals surface area contributed by atoms with Crippen LogP contribution in [0.25, 0.3) is 0 Å². The summed E-state index contributed by atoms with van der Waals surface area (Å²) in [6.45, 7) is 14.2. The number of hydrogen-bond donors (Lipinski definition) is 0. The van der Waals surface area contributed by atoms with Gasteiger partial charge in [0, 0.05) is 6.20 Å². The predicted octanol–water partition coefficient (Wildman–Crippen LogP) is 3.64. The third-order valence-corrected chi connectivity index (χ3v) is 4.93. The van der Waals surface area contributed by atoms with Gasteiger partial charge in [-0.05, 0) is 30.7 Å². The zero-order valence-electron chi connectivity index (χ0n) is 13.2. The summed E-state index contributed by atoms with van der Waals surface area (Å²) in [5.41, 5.74) is 2.14. The summed E-state index contributed by atoms with van der Waals surface area (Å²) in [5.74, 6) is 0.732. The van der Waals surface area contributed by atoms with Crippen LogP contribution in [0, 0.1) is 10.8 Å². The highest BCUT2D eigenvalue weighted by atomic mass is 16.5. The van der Waals surface area contributed by atoms with Crippen LogP contribution in [-0.4, -0.2) is 17.8 Å². The van der Waals surface area contributed by atoms with Crippen LogP contribution in [0.2, 0.25) is 12.6 Å². The predicted molar refractivity (Wildman–Crippen MR) is 82.6 cm³/mol. The fourth-order valence-electron chi connectivity index (χ4n) is 3.04. The van der Waals surface area contributed by atoms with Gasteiger partial charge in [-0.1, -0.05) is 51.9 Å². The highest BCUT2D eigenvalue weighted by Gasteiger charge is 2.48. The van der Waals surface area contributed by atoms with Crippen LogP contribution < -0.4 is 10.2 Å². The number of rotatable bonds is 3. The van der Waals surface area contributed by atoms with Gasteiger partial charge in [0.15, 0.2) is 6.71 Å². The van der Waals surface area contributed by atoms with Gasteiger partial charge in [-0.2, -0.15) is 0 Å². The summed E-state index contributed by atoms with van der Waals surface area (Å²) >= 11 is 0. The second-order valence-electron chi connectivity index (χ2n) is 7.47. The van der Waals surface area contributed by atoms with E-state index >= 15 is 0 Å². The Balaban J connectivity index is 2.12. The molecular weight excluding hydrogens is 233 g/mol. The van der Waals surface area contributed by atoms with E-state index in [0.717, 1.165) is 5.88 Å². The standard InChI is InChI=1S/C16H26BNO/c1-12(2)19-14-8-7-13(9-18-14)17-10-15(3,4)16(5,6)11-17/h7-9,12H,10-11H2,1-6H3. The first-order chi connectivity index (χ1) is 8.71. The van der Waals surface area contributed by atoms with E-state index in [-0.39, 0.29) is 6.10 Å². The largest absolute Gasteiger partial charge is 0.475 e. The normalized spacial score (nSPS) is 20.9. The van der Waals surface area contributed by atoms with Crippen molar-refractivity contribution >= 4 is 12.2 Å². The highest BCUT2D eigenvalue weighted by Crippen LogP contribution is 2.52. The lowest BCUT2D eigenvalue weighted by Crippen LogP contribution is -2.28. The van der Waals surface area contributed by atoms with Crippen molar-refractivity contribution in [1.29, 1.82) is 0 Å². The molecule has 0 atom stereocenters. The second kappa shape index (κ2) is 4.84. The van der Waals surface area contributed by atoms with E-state index in [1.165, 1.54) is 18.1 Å². The van der Waals surface area contributed by atoms with Crippen LogP contribution in [0.3, 0.4) is 0 Å². The average molecular weight is 259 g/mol. The number of aromatic nitrogens is 1. The molecular formula is C16H26BNO. The first-order valence-electron chi connectivity index (χ1n) is 7.34. The van der Waals surface area contributed by atoms with Crippen molar-refractivity contribution in [1.82, 2.24) is 4.98 Å². The van der Waals surface area contributed by atoms with E-state index in [2.05, 4.69) is 38.7 Å². The smallest absolute Gasteiger partial charge is 0.213 e. The van der Waals surface area contributed by atoms with Gasteiger partial charge in [-0.3, -0.25) is 0 Å². The molecule has 2 heterocycles. The van der Waals surface area contributed by atoms with Crippen molar-refractivity contribution in [3.63, 3.8) is 0 Å². The van der Waals surface area contributed by atoms with Crippen LogP contribution in [-0.2, 0) is 0 Å². The molecule has 1 aromatic rings. The molecule has 1 saturated heterocycles. The maximum absolute atomic E-state index is 5.60. The van der Waals surface area contributed by atoms with Crippen LogP contribution in [0.15, 0.2) is 18.3 Å². The van der Waals surface area contributed by atoms with Gasteiger partial charge in [-0.25, -0.2) is 4.98 Å². The Morgan fingerprint density at radius 2 is 1.68 bits per heavy atom. The molecule has 2 rings (SSSR count). The lowest BCUT2D eigenvalue weighted by Gasteiger charge is -2.35. The van der Waals surface area contributed by atoms with Crippen molar-refractivity contribution in [2.45, 2.75) is 60.3 Å². The van der Waals surface area contributed by atoms with Gasteiger partial charge >= 0.3 is 0 Å². The molecule has 0 N–H and O–H groups in total. The monoisotopic (exact) mass is 259 g/mol. The van der Waals surface area contributed by atoms with Crippen molar-refractivity contribution in [2.75, 3.05) is 0 Å². The summed E-state index contributed by atoms with van der Waals surface area (Å²) in [6.07, 6.45) is 4.67. The number of pyridine rings is 1. The number of ether oxygens (including phenoxy) is 1. The van der Waals surface area contributed by atoms with Crippen molar-refractivity contribution in [2.24, 2.45) is 10.8 Å². The van der Waals surface area contributed by atoms with Gasteiger partial charge in [0.25, 0.3) is 0 Å². The van der Waals surface area contributed by atoms with E-state index < -0.39 is 0 Å². The number of hydrogen-bond acceptors (Lipinski definition) is 2. The van der Waals surface area contributed by atoms with Gasteiger partial charge in [-0.15, -0.1) is 0 Å². The minimum absolute atomic E-state index is 0.183. The Morgan fingerprint density at radius 3 is 2.11 bits per heavy atom. The fourth-order valence-corrected chi connectivity index (χ4v) is 3.04. The maximum atomic E-state index is 5.60. The summed E-state index contributed by atoms with van der Waals surface area (Å²) in [5, 5.41) is 0. The molecule has 1 aliphatic heterocycles. The molecule has 0 aliphatic carbocycles. The van der Waals surface area contributed by atoms with Crippen LogP contribution in [0.5, 0.6) is 5.88 Å². The van der Waals surface area contributed by atoms with Crippen molar-refractivity contribution in [3.8, 4) is 5.88 Å². The van der Waals surface area contributed by atoms with Gasteiger partial charge < -0.3 is 4.74 Å². The highest BCUT2D eigenvalue weighted by molar-refractivity contribution is 6.74. The molecule has 0 spiro atoms. The molecule has 3 heteroatoms. The fraction of sp³-hybridized carbons (Fsp3) is 0.688. The van der Waals surface area contributed by atoms with Gasteiger partial charge in [0.1, 0.15) is 0 Å². The molecule has 1 aliphatic rings. The van der Waals surface area contributed by atoms with Gasteiger partial charge in [0.05, 0.1) is 6.10 Å². The minimum Gasteiger partial charge on any atom is -0.475 e. The molecule has 0 bridgehead atoms. The average Bonchev–Trinajstić information content (AvgIpc) is 2.48. The molecule has 0 unspecified atom stereocenters. The van der Waals surface area contributed by atoms with Crippen molar-refractivity contribution < 1.29 is 4.74 Å². The molecule has 0 aromatic carbocycles. The van der Waals surface area contributed by atoms with Gasteiger partial charge in [0.2, 0.25) is 5.88 Å². The number of nitrogens with zero attached hydrogens (tertiary/aromatic N) is 1. The topological polar surface area (TPSA) is 22.1 Å². The molecule has 0 saturated carbocycles. The van der Waals surface area contributed by atoms with E-state index in [9.17, 15) is 0 Å². The minimum atomic E-state index is 0.183. The Kier molecular flexibility index (Phi) is 3.68. The SMILES string of the molecule is CC(C)Oc1ccc(B2CC(C)(C)C(C)(C)C2)cn1. The maximum Gasteiger partial charge on any atom is 0.213 e. The Hall–Kier alpha value is -0.985. The summed E-state index contributed by atoms with van der Waals surface area (Å²) < 4.78 is 5.60. The zero-order chi connectivity index (χ0) is 14.3. The summed E-state index contributed by atoms with van der Waals surface area (Å²) in [6, 6.07) is 4.19. The molecule has 104 valence electrons. The van der Waals surface area contributed by atoms with Crippen LogP contribution >= 0.6 is 0 Å². The Morgan fingerprint density at radius 1 is 1.11 bits per heavy atom. The van der Waals surface area contributed by atoms with Crippen molar-refractivity contribution in [3.05, 3.63) is 18.3 Å². The molecule has 0 radical (unpaired) electrons. The third kappa shape index (κ3) is 2.96. The molecule has 0 amide bonds. The third-order valence-electron chi connectivity index (χ3n) is 4.93. The lowest BCUT2D eigenvalue weighted by atomic mass is 9.42. The van der Waals surface area contributed by atoms with Crippen LogP contribution in [0.4, 0.5) is 0 Å². The van der Waals surface area contributed by atoms with E-state index in [1.807, 2.05) is 26.1 Å². The zero-order valence-corrected chi connectivity index (χ0v) is 13.2. The lowest BCUT2D eigenvalue weighted by molar-refractivity contribution is 0.177. The Bertz CT molecular complexity index is 421. The quantitative estimate of drug-likeness (QED) is 0.773. The second-order valence-corrected chi connectivity index (χ2v) is 7.47. The van der Waals surface area contributed by atoms with E-state index in [1.54, 1.807) is 0 Å². The first kappa shape index (κ1) is 14.4. The molecule has 1 fully saturated rings. The Labute approximate surface area is 118 Å². The first-order valence-corrected chi connectivity index (χ1v) is 7.34. The summed E-state index contributed by atoms with van der Waals surface area (Å²) in [4.78, 5) is 4.44. The summed E-state index contributed by atoms with van der Waals surface area (Å²) in [7, 11) is 0.